The first-order valence-corrected chi connectivity index (χ1v) is 10.9. The molecule has 7 heteroatoms. The van der Waals surface area contributed by atoms with Gasteiger partial charge in [-0.15, -0.1) is 0 Å². The van der Waals surface area contributed by atoms with Crippen LogP contribution in [0.15, 0.2) is 35.7 Å². The summed E-state index contributed by atoms with van der Waals surface area (Å²) in [5.41, 5.74) is 10.7. The van der Waals surface area contributed by atoms with E-state index in [-0.39, 0.29) is 0 Å². The van der Waals surface area contributed by atoms with Crippen molar-refractivity contribution in [1.82, 2.24) is 4.98 Å². The molecule has 0 saturated heterocycles. The van der Waals surface area contributed by atoms with Gasteiger partial charge in [-0.2, -0.15) is 5.26 Å². The topological polar surface area (TPSA) is 110 Å². The molecule has 7 nitrogen and oxygen atoms in total. The third kappa shape index (κ3) is 3.89. The molecule has 0 radical (unpaired) electrons. The smallest absolute Gasteiger partial charge is 0.247 e. The summed E-state index contributed by atoms with van der Waals surface area (Å²) in [5, 5.41) is 12.7. The summed E-state index contributed by atoms with van der Waals surface area (Å²) in [6.07, 6.45) is 6.56. The Morgan fingerprint density at radius 3 is 2.72 bits per heavy atom. The van der Waals surface area contributed by atoms with Gasteiger partial charge in [0.1, 0.15) is 5.75 Å². The average molecular weight is 433 g/mol. The molecule has 1 aromatic heterocycles. The molecule has 0 unspecified atom stereocenters. The fourth-order valence-corrected chi connectivity index (χ4v) is 4.80. The number of primary amides is 1. The van der Waals surface area contributed by atoms with Crippen LogP contribution in [0.5, 0.6) is 11.6 Å². The van der Waals surface area contributed by atoms with E-state index in [1.54, 1.807) is 25.4 Å². The zero-order chi connectivity index (χ0) is 22.8. The normalized spacial score (nSPS) is 18.0. The SMILES string of the molecule is COc1cc(C#N)ccc1[C@H]1C(C(N)=O)=C(C)Nc2c(C)cnc(OCC3CCCC3)c21. The number of ether oxygens (including phenoxy) is 2. The van der Waals surface area contributed by atoms with E-state index < -0.39 is 11.8 Å². The molecule has 3 N–H and O–H groups in total. The van der Waals surface area contributed by atoms with E-state index in [2.05, 4.69) is 16.4 Å². The monoisotopic (exact) mass is 432 g/mol. The van der Waals surface area contributed by atoms with E-state index >= 15 is 0 Å². The van der Waals surface area contributed by atoms with Crippen LogP contribution < -0.4 is 20.5 Å². The molecule has 0 bridgehead atoms. The van der Waals surface area contributed by atoms with Gasteiger partial charge in [-0.05, 0) is 50.3 Å². The van der Waals surface area contributed by atoms with Crippen LogP contribution in [0.3, 0.4) is 0 Å². The van der Waals surface area contributed by atoms with Crippen molar-refractivity contribution < 1.29 is 14.3 Å². The summed E-state index contributed by atoms with van der Waals surface area (Å²) in [4.78, 5) is 17.2. The van der Waals surface area contributed by atoms with Gasteiger partial charge in [0.25, 0.3) is 0 Å². The molecular formula is C25H28N4O3. The second-order valence-corrected chi connectivity index (χ2v) is 8.53. The van der Waals surface area contributed by atoms with Crippen molar-refractivity contribution in [3.05, 3.63) is 57.9 Å². The Kier molecular flexibility index (Phi) is 6.04. The lowest BCUT2D eigenvalue weighted by atomic mass is 9.79. The summed E-state index contributed by atoms with van der Waals surface area (Å²) in [6.45, 7) is 4.40. The van der Waals surface area contributed by atoms with Gasteiger partial charge in [0.2, 0.25) is 11.8 Å². The molecule has 166 valence electrons. The minimum atomic E-state index is -0.530. The average Bonchev–Trinajstić information content (AvgIpc) is 3.31. The lowest BCUT2D eigenvalue weighted by Gasteiger charge is -2.32. The molecule has 1 atom stereocenters. The lowest BCUT2D eigenvalue weighted by molar-refractivity contribution is -0.114. The van der Waals surface area contributed by atoms with Crippen molar-refractivity contribution in [3.63, 3.8) is 0 Å². The maximum atomic E-state index is 12.6. The number of carbonyl (C=O) groups is 1. The third-order valence-electron chi connectivity index (χ3n) is 6.43. The number of fused-ring (bicyclic) bond motifs is 1. The zero-order valence-electron chi connectivity index (χ0n) is 18.7. The first-order valence-electron chi connectivity index (χ1n) is 10.9. The van der Waals surface area contributed by atoms with E-state index in [0.29, 0.717) is 41.0 Å². The predicted octanol–water partition coefficient (Wildman–Crippen LogP) is 4.16. The maximum Gasteiger partial charge on any atom is 0.247 e. The van der Waals surface area contributed by atoms with Crippen LogP contribution in [0.2, 0.25) is 0 Å². The third-order valence-corrected chi connectivity index (χ3v) is 6.43. The Morgan fingerprint density at radius 1 is 1.31 bits per heavy atom. The van der Waals surface area contributed by atoms with Gasteiger partial charge in [-0.25, -0.2) is 4.98 Å². The number of carbonyl (C=O) groups excluding carboxylic acids is 1. The lowest BCUT2D eigenvalue weighted by Crippen LogP contribution is -2.29. The number of pyridine rings is 1. The summed E-state index contributed by atoms with van der Waals surface area (Å²) in [7, 11) is 1.55. The fourth-order valence-electron chi connectivity index (χ4n) is 4.80. The molecule has 32 heavy (non-hydrogen) atoms. The molecule has 1 aliphatic carbocycles. The highest BCUT2D eigenvalue weighted by Gasteiger charge is 2.37. The molecule has 1 aromatic carbocycles. The molecule has 4 rings (SSSR count). The number of aromatic nitrogens is 1. The molecule has 0 spiro atoms. The number of nitriles is 1. The number of methoxy groups -OCH3 is 1. The number of allylic oxidation sites excluding steroid dienone is 1. The highest BCUT2D eigenvalue weighted by molar-refractivity contribution is 5.98. The molecule has 2 aliphatic rings. The Balaban J connectivity index is 1.89. The quantitative estimate of drug-likeness (QED) is 0.709. The van der Waals surface area contributed by atoms with Gasteiger partial charge in [0.05, 0.1) is 42.5 Å². The fraction of sp³-hybridized carbons (Fsp3) is 0.400. The van der Waals surface area contributed by atoms with E-state index in [1.807, 2.05) is 19.9 Å². The standard InChI is InChI=1S/C25H28N4O3/c1-14-12-28-25(32-13-16-6-4-5-7-16)22-21(20(24(27)30)15(2)29-23(14)22)18-9-8-17(11-26)10-19(18)31-3/h8-10,12,16,21,29H,4-7,13H2,1-3H3,(H2,27,30)/t21-/m0/s1. The molecule has 1 fully saturated rings. The summed E-state index contributed by atoms with van der Waals surface area (Å²) in [5.74, 6) is 0.461. The van der Waals surface area contributed by atoms with Gasteiger partial charge < -0.3 is 20.5 Å². The van der Waals surface area contributed by atoms with Crippen LogP contribution in [-0.4, -0.2) is 24.6 Å². The van der Waals surface area contributed by atoms with Crippen LogP contribution in [0, 0.1) is 24.2 Å². The Labute approximate surface area is 188 Å². The molecule has 1 saturated carbocycles. The Bertz CT molecular complexity index is 1130. The molecular weight excluding hydrogens is 404 g/mol. The molecule has 2 heterocycles. The largest absolute Gasteiger partial charge is 0.496 e. The summed E-state index contributed by atoms with van der Waals surface area (Å²) >= 11 is 0. The molecule has 2 aromatic rings. The van der Waals surface area contributed by atoms with Crippen LogP contribution in [0.1, 0.15) is 60.8 Å². The summed E-state index contributed by atoms with van der Waals surface area (Å²) in [6, 6.07) is 7.34. The molecule has 1 aliphatic heterocycles. The van der Waals surface area contributed by atoms with Gasteiger partial charge in [0, 0.05) is 23.0 Å². The number of nitrogens with one attached hydrogen (secondary N) is 1. The van der Waals surface area contributed by atoms with Gasteiger partial charge in [0.15, 0.2) is 0 Å². The Hall–Kier alpha value is -3.53. The number of rotatable bonds is 6. The van der Waals surface area contributed by atoms with E-state index in [9.17, 15) is 10.1 Å². The van der Waals surface area contributed by atoms with E-state index in [0.717, 1.165) is 35.2 Å². The first-order chi connectivity index (χ1) is 15.4. The second kappa shape index (κ2) is 8.91. The van der Waals surface area contributed by atoms with Crippen molar-refractivity contribution in [3.8, 4) is 17.7 Å². The first kappa shape index (κ1) is 21.7. The summed E-state index contributed by atoms with van der Waals surface area (Å²) < 4.78 is 11.9. The van der Waals surface area contributed by atoms with Crippen molar-refractivity contribution >= 4 is 11.6 Å². The minimum absolute atomic E-state index is 0.429. The minimum Gasteiger partial charge on any atom is -0.496 e. The van der Waals surface area contributed by atoms with Crippen molar-refractivity contribution in [2.24, 2.45) is 11.7 Å². The number of aryl methyl sites for hydroxylation is 1. The van der Waals surface area contributed by atoms with Crippen LogP contribution in [0.25, 0.3) is 0 Å². The van der Waals surface area contributed by atoms with Gasteiger partial charge >= 0.3 is 0 Å². The Morgan fingerprint density at radius 2 is 2.06 bits per heavy atom. The van der Waals surface area contributed by atoms with Gasteiger partial charge in [-0.1, -0.05) is 18.9 Å². The molecule has 1 amide bonds. The van der Waals surface area contributed by atoms with Crippen LogP contribution in [0.4, 0.5) is 5.69 Å². The number of nitrogens with two attached hydrogens (primary N) is 1. The van der Waals surface area contributed by atoms with E-state index in [4.69, 9.17) is 15.2 Å². The van der Waals surface area contributed by atoms with Crippen LogP contribution >= 0.6 is 0 Å². The van der Waals surface area contributed by atoms with E-state index in [1.165, 1.54) is 12.8 Å². The second-order valence-electron chi connectivity index (χ2n) is 8.53. The number of anilines is 1. The number of amides is 1. The van der Waals surface area contributed by atoms with Gasteiger partial charge in [-0.3, -0.25) is 4.79 Å². The number of hydrogen-bond donors (Lipinski definition) is 2. The number of benzene rings is 1. The number of nitrogens with zero attached hydrogens (tertiary/aromatic N) is 2. The number of hydrogen-bond acceptors (Lipinski definition) is 6. The van der Waals surface area contributed by atoms with Crippen molar-refractivity contribution in [2.45, 2.75) is 45.4 Å². The van der Waals surface area contributed by atoms with Crippen LogP contribution in [-0.2, 0) is 4.79 Å². The maximum absolute atomic E-state index is 12.6. The van der Waals surface area contributed by atoms with Crippen molar-refractivity contribution in [1.29, 1.82) is 5.26 Å². The van der Waals surface area contributed by atoms with Crippen molar-refractivity contribution in [2.75, 3.05) is 19.0 Å². The predicted molar refractivity (Wildman–Crippen MR) is 121 cm³/mol. The zero-order valence-corrected chi connectivity index (χ0v) is 18.7. The highest BCUT2D eigenvalue weighted by atomic mass is 16.5. The highest BCUT2D eigenvalue weighted by Crippen LogP contribution is 2.49.